The molecule has 1 N–H and O–H groups in total. The molecule has 0 aliphatic heterocycles. The molecule has 6 nitrogen and oxygen atoms in total. The van der Waals surface area contributed by atoms with Gasteiger partial charge in [0.1, 0.15) is 18.0 Å². The van der Waals surface area contributed by atoms with Crippen molar-refractivity contribution in [2.45, 2.75) is 19.9 Å². The number of carbonyl (C=O) groups excluding carboxylic acids is 1. The van der Waals surface area contributed by atoms with Gasteiger partial charge in [0.25, 0.3) is 5.91 Å². The number of halogens is 1. The summed E-state index contributed by atoms with van der Waals surface area (Å²) in [5, 5.41) is 6.83. The van der Waals surface area contributed by atoms with Crippen molar-refractivity contribution < 1.29 is 9.18 Å². The van der Waals surface area contributed by atoms with Gasteiger partial charge in [0.05, 0.1) is 17.8 Å². The highest BCUT2D eigenvalue weighted by molar-refractivity contribution is 5.94. The van der Waals surface area contributed by atoms with Gasteiger partial charge in [-0.05, 0) is 12.0 Å². The fourth-order valence-electron chi connectivity index (χ4n) is 1.88. The number of pyridine rings is 1. The third kappa shape index (κ3) is 2.98. The lowest BCUT2D eigenvalue weighted by Crippen LogP contribution is -2.33. The van der Waals surface area contributed by atoms with Crippen LogP contribution in [0.15, 0.2) is 24.8 Å². The second-order valence-corrected chi connectivity index (χ2v) is 4.83. The maximum Gasteiger partial charge on any atom is 0.253 e. The zero-order valence-corrected chi connectivity index (χ0v) is 11.5. The van der Waals surface area contributed by atoms with Gasteiger partial charge in [-0.3, -0.25) is 14.5 Å². The molecule has 2 rings (SSSR count). The first-order valence-electron chi connectivity index (χ1n) is 6.24. The van der Waals surface area contributed by atoms with Crippen LogP contribution in [0.1, 0.15) is 36.1 Å². The molecule has 2 heterocycles. The molecule has 0 aliphatic rings. The van der Waals surface area contributed by atoms with Crippen molar-refractivity contribution in [1.82, 2.24) is 25.1 Å². The summed E-state index contributed by atoms with van der Waals surface area (Å²) in [6, 6.07) is 0.842. The maximum atomic E-state index is 13.1. The number of hydrogen-bond donors (Lipinski definition) is 1. The van der Waals surface area contributed by atoms with Gasteiger partial charge in [-0.1, -0.05) is 13.8 Å². The van der Waals surface area contributed by atoms with E-state index in [0.717, 1.165) is 12.3 Å². The molecule has 20 heavy (non-hydrogen) atoms. The normalized spacial score (nSPS) is 12.4. The zero-order chi connectivity index (χ0) is 14.7. The SMILES string of the molecule is CC(C)[C@H](NC(=O)c1cncc(F)c1)c1ncnn1C. The van der Waals surface area contributed by atoms with Crippen molar-refractivity contribution in [3.8, 4) is 0 Å². The van der Waals surface area contributed by atoms with E-state index < -0.39 is 11.7 Å². The Balaban J connectivity index is 2.21. The molecule has 0 fully saturated rings. The minimum Gasteiger partial charge on any atom is -0.342 e. The van der Waals surface area contributed by atoms with Crippen LogP contribution >= 0.6 is 0 Å². The van der Waals surface area contributed by atoms with E-state index in [1.165, 1.54) is 12.5 Å². The van der Waals surface area contributed by atoms with Crippen LogP contribution < -0.4 is 5.32 Å². The Morgan fingerprint density at radius 1 is 1.40 bits per heavy atom. The Labute approximate surface area is 116 Å². The molecule has 106 valence electrons. The summed E-state index contributed by atoms with van der Waals surface area (Å²) >= 11 is 0. The highest BCUT2D eigenvalue weighted by Gasteiger charge is 2.23. The van der Waals surface area contributed by atoms with Crippen molar-refractivity contribution in [3.63, 3.8) is 0 Å². The molecule has 1 atom stereocenters. The maximum absolute atomic E-state index is 13.1. The molecule has 2 aromatic rings. The van der Waals surface area contributed by atoms with Crippen LogP contribution in [0.2, 0.25) is 0 Å². The molecule has 0 radical (unpaired) electrons. The predicted molar refractivity (Wildman–Crippen MR) is 70.2 cm³/mol. The summed E-state index contributed by atoms with van der Waals surface area (Å²) < 4.78 is 14.7. The molecule has 7 heteroatoms. The molecule has 0 saturated carbocycles. The molecule has 0 bridgehead atoms. The van der Waals surface area contributed by atoms with E-state index in [9.17, 15) is 9.18 Å². The first kappa shape index (κ1) is 14.1. The molecule has 1 amide bonds. The van der Waals surface area contributed by atoms with Crippen LogP contribution in [0, 0.1) is 11.7 Å². The topological polar surface area (TPSA) is 72.7 Å². The van der Waals surface area contributed by atoms with Crippen LogP contribution in [0.5, 0.6) is 0 Å². The molecular weight excluding hydrogens is 261 g/mol. The number of aryl methyl sites for hydroxylation is 1. The fourth-order valence-corrected chi connectivity index (χ4v) is 1.88. The molecule has 0 unspecified atom stereocenters. The van der Waals surface area contributed by atoms with Gasteiger partial charge in [-0.15, -0.1) is 0 Å². The van der Waals surface area contributed by atoms with E-state index >= 15 is 0 Å². The van der Waals surface area contributed by atoms with Crippen LogP contribution in [0.25, 0.3) is 0 Å². The van der Waals surface area contributed by atoms with Crippen molar-refractivity contribution in [2.75, 3.05) is 0 Å². The minimum absolute atomic E-state index is 0.114. The average molecular weight is 277 g/mol. The molecule has 0 aromatic carbocycles. The van der Waals surface area contributed by atoms with Gasteiger partial charge in [-0.25, -0.2) is 9.37 Å². The van der Waals surface area contributed by atoms with Crippen LogP contribution in [0.3, 0.4) is 0 Å². The highest BCUT2D eigenvalue weighted by Crippen LogP contribution is 2.19. The van der Waals surface area contributed by atoms with E-state index in [0.29, 0.717) is 5.82 Å². The Bertz CT molecular complexity index is 610. The van der Waals surface area contributed by atoms with Crippen molar-refractivity contribution in [1.29, 1.82) is 0 Å². The largest absolute Gasteiger partial charge is 0.342 e. The van der Waals surface area contributed by atoms with Gasteiger partial charge in [0.15, 0.2) is 0 Å². The Morgan fingerprint density at radius 3 is 2.70 bits per heavy atom. The van der Waals surface area contributed by atoms with Crippen molar-refractivity contribution in [2.24, 2.45) is 13.0 Å². The number of hydrogen-bond acceptors (Lipinski definition) is 4. The van der Waals surface area contributed by atoms with Gasteiger partial charge in [-0.2, -0.15) is 5.10 Å². The third-order valence-electron chi connectivity index (χ3n) is 2.94. The number of carbonyl (C=O) groups is 1. The lowest BCUT2D eigenvalue weighted by molar-refractivity contribution is 0.0921. The van der Waals surface area contributed by atoms with E-state index in [2.05, 4.69) is 20.4 Å². The second-order valence-electron chi connectivity index (χ2n) is 4.83. The Morgan fingerprint density at radius 2 is 2.15 bits per heavy atom. The minimum atomic E-state index is -0.544. The molecule has 2 aromatic heterocycles. The van der Waals surface area contributed by atoms with Crippen LogP contribution in [0.4, 0.5) is 4.39 Å². The molecule has 0 aliphatic carbocycles. The number of nitrogens with one attached hydrogen (secondary N) is 1. The lowest BCUT2D eigenvalue weighted by atomic mass is 10.0. The highest BCUT2D eigenvalue weighted by atomic mass is 19.1. The average Bonchev–Trinajstić information content (AvgIpc) is 2.81. The van der Waals surface area contributed by atoms with Gasteiger partial charge < -0.3 is 5.32 Å². The zero-order valence-electron chi connectivity index (χ0n) is 11.5. The summed E-state index contributed by atoms with van der Waals surface area (Å²) in [6.07, 6.45) is 3.81. The summed E-state index contributed by atoms with van der Waals surface area (Å²) in [5.41, 5.74) is 0.179. The Kier molecular flexibility index (Phi) is 4.07. The monoisotopic (exact) mass is 277 g/mol. The van der Waals surface area contributed by atoms with E-state index in [4.69, 9.17) is 0 Å². The standard InChI is InChI=1S/C13H16FN5O/c1-8(2)11(12-16-7-17-19(12)3)18-13(20)9-4-10(14)6-15-5-9/h4-8,11H,1-3H3,(H,18,20)/t11-/m0/s1. The van der Waals surface area contributed by atoms with Crippen molar-refractivity contribution >= 4 is 5.91 Å². The molecule has 0 spiro atoms. The summed E-state index contributed by atoms with van der Waals surface area (Å²) in [5.74, 6) is -0.169. The number of aromatic nitrogens is 4. The Hall–Kier alpha value is -2.31. The van der Waals surface area contributed by atoms with Gasteiger partial charge in [0.2, 0.25) is 0 Å². The van der Waals surface area contributed by atoms with E-state index in [1.807, 2.05) is 13.8 Å². The smallest absolute Gasteiger partial charge is 0.253 e. The van der Waals surface area contributed by atoms with Crippen LogP contribution in [-0.4, -0.2) is 25.7 Å². The number of rotatable bonds is 4. The molecular formula is C13H16FN5O. The van der Waals surface area contributed by atoms with E-state index in [1.54, 1.807) is 11.7 Å². The summed E-state index contributed by atoms with van der Waals surface area (Å²) in [6.45, 7) is 3.92. The summed E-state index contributed by atoms with van der Waals surface area (Å²) in [7, 11) is 1.76. The quantitative estimate of drug-likeness (QED) is 0.918. The predicted octanol–water partition coefficient (Wildman–Crippen LogP) is 1.48. The molecule has 0 saturated heterocycles. The van der Waals surface area contributed by atoms with Gasteiger partial charge >= 0.3 is 0 Å². The fraction of sp³-hybridized carbons (Fsp3) is 0.385. The third-order valence-corrected chi connectivity index (χ3v) is 2.94. The van der Waals surface area contributed by atoms with E-state index in [-0.39, 0.29) is 17.5 Å². The van der Waals surface area contributed by atoms with Crippen LogP contribution in [-0.2, 0) is 7.05 Å². The first-order valence-corrected chi connectivity index (χ1v) is 6.24. The first-order chi connectivity index (χ1) is 9.49. The van der Waals surface area contributed by atoms with Gasteiger partial charge in [0, 0.05) is 13.2 Å². The summed E-state index contributed by atoms with van der Waals surface area (Å²) in [4.78, 5) is 20.0. The van der Waals surface area contributed by atoms with Crippen molar-refractivity contribution in [3.05, 3.63) is 42.0 Å². The second kappa shape index (κ2) is 5.77. The number of nitrogens with zero attached hydrogens (tertiary/aromatic N) is 4. The number of amides is 1. The lowest BCUT2D eigenvalue weighted by Gasteiger charge is -2.21.